The molecule has 0 spiro atoms. The van der Waals surface area contributed by atoms with Crippen molar-refractivity contribution < 1.29 is 9.59 Å². The first kappa shape index (κ1) is 19.4. The van der Waals surface area contributed by atoms with E-state index >= 15 is 0 Å². The molecule has 0 bridgehead atoms. The smallest absolute Gasteiger partial charge is 0.251 e. The predicted molar refractivity (Wildman–Crippen MR) is 109 cm³/mol. The molecule has 2 aromatic carbocycles. The van der Waals surface area contributed by atoms with Crippen LogP contribution in [-0.2, 0) is 11.2 Å². The van der Waals surface area contributed by atoms with Gasteiger partial charge in [0.25, 0.3) is 5.91 Å². The van der Waals surface area contributed by atoms with Crippen LogP contribution in [0.4, 0.5) is 5.69 Å². The summed E-state index contributed by atoms with van der Waals surface area (Å²) in [5.74, 6) is -0.232. The van der Waals surface area contributed by atoms with Crippen molar-refractivity contribution in [1.29, 1.82) is 0 Å². The normalized spacial score (nSPS) is 14.6. The van der Waals surface area contributed by atoms with Crippen molar-refractivity contribution in [3.63, 3.8) is 0 Å². The van der Waals surface area contributed by atoms with Crippen LogP contribution in [0.15, 0.2) is 48.5 Å². The van der Waals surface area contributed by atoms with E-state index in [9.17, 15) is 9.59 Å². The largest absolute Gasteiger partial charge is 0.349 e. The number of rotatable bonds is 6. The number of aryl methyl sites for hydroxylation is 1. The summed E-state index contributed by atoms with van der Waals surface area (Å²) in [6.07, 6.45) is 6.64. The molecule has 1 saturated carbocycles. The first-order valence-corrected chi connectivity index (χ1v) is 9.94. The van der Waals surface area contributed by atoms with Gasteiger partial charge in [0.1, 0.15) is 0 Å². The van der Waals surface area contributed by atoms with E-state index in [0.717, 1.165) is 31.2 Å². The van der Waals surface area contributed by atoms with Gasteiger partial charge < -0.3 is 10.6 Å². The molecular formula is C22H25ClN2O2. The number of halogens is 1. The Bertz CT molecular complexity index is 786. The average Bonchev–Trinajstić information content (AvgIpc) is 2.69. The Morgan fingerprint density at radius 1 is 1.00 bits per heavy atom. The lowest BCUT2D eigenvalue weighted by atomic mass is 9.95. The Labute approximate surface area is 165 Å². The van der Waals surface area contributed by atoms with Gasteiger partial charge in [-0.25, -0.2) is 0 Å². The predicted octanol–water partition coefficient (Wildman–Crippen LogP) is 4.97. The summed E-state index contributed by atoms with van der Waals surface area (Å²) in [5.41, 5.74) is 2.11. The average molecular weight is 385 g/mol. The molecule has 2 aromatic rings. The topological polar surface area (TPSA) is 58.2 Å². The molecule has 27 heavy (non-hydrogen) atoms. The lowest BCUT2D eigenvalue weighted by Gasteiger charge is -2.23. The second kappa shape index (κ2) is 9.56. The third-order valence-corrected chi connectivity index (χ3v) is 5.26. The maximum atomic E-state index is 12.5. The van der Waals surface area contributed by atoms with Crippen LogP contribution in [0.25, 0.3) is 0 Å². The highest BCUT2D eigenvalue weighted by Crippen LogP contribution is 2.24. The van der Waals surface area contributed by atoms with Crippen molar-refractivity contribution in [3.8, 4) is 0 Å². The monoisotopic (exact) mass is 384 g/mol. The van der Waals surface area contributed by atoms with E-state index in [2.05, 4.69) is 10.6 Å². The number of hydrogen-bond donors (Lipinski definition) is 2. The maximum absolute atomic E-state index is 12.5. The van der Waals surface area contributed by atoms with Crippen LogP contribution in [0.3, 0.4) is 0 Å². The van der Waals surface area contributed by atoms with Crippen LogP contribution >= 0.6 is 11.6 Å². The molecule has 0 radical (unpaired) electrons. The second-order valence-corrected chi connectivity index (χ2v) is 7.44. The summed E-state index contributed by atoms with van der Waals surface area (Å²) in [6, 6.07) is 15.1. The van der Waals surface area contributed by atoms with Crippen molar-refractivity contribution in [2.75, 3.05) is 5.32 Å². The summed E-state index contributed by atoms with van der Waals surface area (Å²) < 4.78 is 0. The summed E-state index contributed by atoms with van der Waals surface area (Å²) in [6.45, 7) is 0. The maximum Gasteiger partial charge on any atom is 0.251 e. The van der Waals surface area contributed by atoms with Gasteiger partial charge in [-0.1, -0.05) is 61.2 Å². The second-order valence-electron chi connectivity index (χ2n) is 7.04. The van der Waals surface area contributed by atoms with E-state index in [1.165, 1.54) is 6.42 Å². The minimum Gasteiger partial charge on any atom is -0.349 e. The quantitative estimate of drug-likeness (QED) is 0.738. The van der Waals surface area contributed by atoms with Gasteiger partial charge >= 0.3 is 0 Å². The number of benzene rings is 2. The van der Waals surface area contributed by atoms with Gasteiger partial charge in [0.15, 0.2) is 0 Å². The number of carbonyl (C=O) groups excluding carboxylic acids is 2. The molecule has 2 N–H and O–H groups in total. The molecule has 1 aliphatic rings. The van der Waals surface area contributed by atoms with Crippen molar-refractivity contribution in [1.82, 2.24) is 5.32 Å². The zero-order valence-electron chi connectivity index (χ0n) is 15.3. The third-order valence-electron chi connectivity index (χ3n) is 4.93. The number of carbonyl (C=O) groups is 2. The molecule has 0 aliphatic heterocycles. The minimum atomic E-state index is -0.120. The molecule has 5 heteroatoms. The molecule has 0 heterocycles. The van der Waals surface area contributed by atoms with Gasteiger partial charge in [-0.3, -0.25) is 9.59 Å². The van der Waals surface area contributed by atoms with Crippen LogP contribution in [0.2, 0.25) is 5.02 Å². The van der Waals surface area contributed by atoms with Crippen LogP contribution in [0.5, 0.6) is 0 Å². The van der Waals surface area contributed by atoms with Crippen LogP contribution in [-0.4, -0.2) is 17.9 Å². The Hall–Kier alpha value is -2.33. The standard InChI is InChI=1S/C22H25ClN2O2/c23-19-13-12-17(22(27)24-18-9-5-2-6-10-18)15-20(19)25-21(26)14-11-16-7-3-1-4-8-16/h1,3-4,7-8,12-13,15,18H,2,5-6,9-11,14H2,(H,24,27)(H,25,26). The first-order valence-electron chi connectivity index (χ1n) is 9.56. The summed E-state index contributed by atoms with van der Waals surface area (Å²) in [7, 11) is 0. The van der Waals surface area contributed by atoms with Gasteiger partial charge in [-0.2, -0.15) is 0 Å². The van der Waals surface area contributed by atoms with Crippen LogP contribution < -0.4 is 10.6 Å². The highest BCUT2D eigenvalue weighted by atomic mass is 35.5. The molecule has 0 atom stereocenters. The van der Waals surface area contributed by atoms with E-state index in [1.54, 1.807) is 18.2 Å². The summed E-state index contributed by atoms with van der Waals surface area (Å²) >= 11 is 6.21. The van der Waals surface area contributed by atoms with E-state index < -0.39 is 0 Å². The van der Waals surface area contributed by atoms with Crippen LogP contribution in [0.1, 0.15) is 54.4 Å². The zero-order valence-corrected chi connectivity index (χ0v) is 16.1. The number of nitrogens with one attached hydrogen (secondary N) is 2. The van der Waals surface area contributed by atoms with Gasteiger partial charge in [0.05, 0.1) is 10.7 Å². The van der Waals surface area contributed by atoms with Gasteiger partial charge in [-0.15, -0.1) is 0 Å². The van der Waals surface area contributed by atoms with Crippen molar-refractivity contribution in [2.24, 2.45) is 0 Å². The third kappa shape index (κ3) is 5.83. The molecule has 3 rings (SSSR count). The molecular weight excluding hydrogens is 360 g/mol. The van der Waals surface area contributed by atoms with Gasteiger partial charge in [0.2, 0.25) is 5.91 Å². The molecule has 0 saturated heterocycles. The Morgan fingerprint density at radius 3 is 2.48 bits per heavy atom. The minimum absolute atomic E-state index is 0.113. The highest BCUT2D eigenvalue weighted by Gasteiger charge is 2.17. The fraction of sp³-hybridized carbons (Fsp3) is 0.364. The molecule has 4 nitrogen and oxygen atoms in total. The lowest BCUT2D eigenvalue weighted by Crippen LogP contribution is -2.36. The fourth-order valence-electron chi connectivity index (χ4n) is 3.39. The zero-order chi connectivity index (χ0) is 19.1. The molecule has 1 aliphatic carbocycles. The van der Waals surface area contributed by atoms with E-state index in [1.807, 2.05) is 30.3 Å². The lowest BCUT2D eigenvalue weighted by molar-refractivity contribution is -0.116. The number of hydrogen-bond acceptors (Lipinski definition) is 2. The Kier molecular flexibility index (Phi) is 6.88. The van der Waals surface area contributed by atoms with Gasteiger partial charge in [0, 0.05) is 18.0 Å². The molecule has 0 unspecified atom stereocenters. The summed E-state index contributed by atoms with van der Waals surface area (Å²) in [5, 5.41) is 6.34. The number of anilines is 1. The van der Waals surface area contributed by atoms with E-state index in [0.29, 0.717) is 29.1 Å². The molecule has 2 amide bonds. The summed E-state index contributed by atoms with van der Waals surface area (Å²) in [4.78, 5) is 24.8. The first-order chi connectivity index (χ1) is 13.1. The Morgan fingerprint density at radius 2 is 1.74 bits per heavy atom. The number of amides is 2. The van der Waals surface area contributed by atoms with Crippen molar-refractivity contribution in [2.45, 2.75) is 51.0 Å². The van der Waals surface area contributed by atoms with Crippen LogP contribution in [0, 0.1) is 0 Å². The van der Waals surface area contributed by atoms with Crippen molar-refractivity contribution in [3.05, 3.63) is 64.7 Å². The molecule has 1 fully saturated rings. The molecule has 142 valence electrons. The van der Waals surface area contributed by atoms with Crippen molar-refractivity contribution >= 4 is 29.1 Å². The van der Waals surface area contributed by atoms with E-state index in [-0.39, 0.29) is 17.9 Å². The molecule has 0 aromatic heterocycles. The Balaban J connectivity index is 1.58. The SMILES string of the molecule is O=C(CCc1ccccc1)Nc1cc(C(=O)NC2CCCCC2)ccc1Cl. The fourth-order valence-corrected chi connectivity index (χ4v) is 3.56. The van der Waals surface area contributed by atoms with E-state index in [4.69, 9.17) is 11.6 Å². The highest BCUT2D eigenvalue weighted by molar-refractivity contribution is 6.33. The van der Waals surface area contributed by atoms with Gasteiger partial charge in [-0.05, 0) is 43.0 Å².